The van der Waals surface area contributed by atoms with Crippen LogP contribution in [-0.2, 0) is 15.0 Å². The lowest BCUT2D eigenvalue weighted by molar-refractivity contribution is -0.145. The first kappa shape index (κ1) is 11.3. The molecule has 1 saturated heterocycles. The average Bonchev–Trinajstić information content (AvgIpc) is 2.60. The zero-order valence-electron chi connectivity index (χ0n) is 10.6. The van der Waals surface area contributed by atoms with Crippen LogP contribution >= 0.6 is 0 Å². The average molecular weight is 244 g/mol. The Kier molecular flexibility index (Phi) is 2.24. The number of benzene rings is 1. The Labute approximate surface area is 106 Å². The van der Waals surface area contributed by atoms with Crippen LogP contribution in [-0.4, -0.2) is 37.4 Å². The van der Waals surface area contributed by atoms with Gasteiger partial charge in [-0.1, -0.05) is 18.2 Å². The highest BCUT2D eigenvalue weighted by atomic mass is 16.2. The van der Waals surface area contributed by atoms with E-state index in [0.717, 1.165) is 24.2 Å². The van der Waals surface area contributed by atoms with Crippen LogP contribution in [0.5, 0.6) is 0 Å². The van der Waals surface area contributed by atoms with Crippen molar-refractivity contribution in [1.29, 1.82) is 0 Å². The lowest BCUT2D eigenvalue weighted by Gasteiger charge is -2.36. The Hall–Kier alpha value is -1.84. The molecule has 2 heterocycles. The number of hydrogen-bond acceptors (Lipinski definition) is 2. The van der Waals surface area contributed by atoms with Gasteiger partial charge in [0, 0.05) is 31.9 Å². The molecule has 18 heavy (non-hydrogen) atoms. The van der Waals surface area contributed by atoms with Gasteiger partial charge in [0.1, 0.15) is 0 Å². The molecule has 0 N–H and O–H groups in total. The molecule has 1 aromatic rings. The summed E-state index contributed by atoms with van der Waals surface area (Å²) in [5.74, 6) is -0.143. The molecule has 0 radical (unpaired) electrons. The topological polar surface area (TPSA) is 40.6 Å². The first-order chi connectivity index (χ1) is 8.59. The summed E-state index contributed by atoms with van der Waals surface area (Å²) in [7, 11) is 3.52. The van der Waals surface area contributed by atoms with Gasteiger partial charge in [0.25, 0.3) is 0 Å². The van der Waals surface area contributed by atoms with Crippen molar-refractivity contribution in [2.24, 2.45) is 0 Å². The van der Waals surface area contributed by atoms with Crippen molar-refractivity contribution in [2.75, 3.05) is 25.5 Å². The Bertz CT molecular complexity index is 530. The zero-order chi connectivity index (χ0) is 12.9. The predicted octanol–water partition coefficient (Wildman–Crippen LogP) is 1.15. The minimum atomic E-state index is -0.960. The lowest BCUT2D eigenvalue weighted by Crippen LogP contribution is -2.54. The summed E-state index contributed by atoms with van der Waals surface area (Å²) in [5, 5.41) is 0. The van der Waals surface area contributed by atoms with E-state index in [0.29, 0.717) is 6.42 Å². The second-order valence-corrected chi connectivity index (χ2v) is 5.12. The van der Waals surface area contributed by atoms with Crippen LogP contribution in [0.25, 0.3) is 0 Å². The summed E-state index contributed by atoms with van der Waals surface area (Å²) >= 11 is 0. The van der Waals surface area contributed by atoms with Crippen LogP contribution in [0.4, 0.5) is 5.69 Å². The largest absolute Gasteiger partial charge is 0.345 e. The van der Waals surface area contributed by atoms with E-state index in [1.54, 1.807) is 23.9 Å². The fraction of sp³-hybridized carbons (Fsp3) is 0.429. The molecule has 2 aliphatic heterocycles. The van der Waals surface area contributed by atoms with Crippen molar-refractivity contribution in [3.05, 3.63) is 29.8 Å². The van der Waals surface area contributed by atoms with Gasteiger partial charge in [-0.15, -0.1) is 0 Å². The number of rotatable bonds is 0. The van der Waals surface area contributed by atoms with Crippen LogP contribution in [0.15, 0.2) is 24.3 Å². The van der Waals surface area contributed by atoms with Gasteiger partial charge in [0.2, 0.25) is 11.8 Å². The molecular weight excluding hydrogens is 228 g/mol. The number of anilines is 1. The van der Waals surface area contributed by atoms with Gasteiger partial charge in [-0.25, -0.2) is 0 Å². The maximum Gasteiger partial charge on any atom is 0.247 e. The summed E-state index contributed by atoms with van der Waals surface area (Å²) in [5.41, 5.74) is 0.776. The number of piperidine rings is 1. The number of nitrogens with zero attached hydrogens (tertiary/aromatic N) is 2. The van der Waals surface area contributed by atoms with E-state index in [-0.39, 0.29) is 11.8 Å². The highest BCUT2D eigenvalue weighted by Gasteiger charge is 2.57. The quantitative estimate of drug-likeness (QED) is 0.642. The van der Waals surface area contributed by atoms with E-state index >= 15 is 0 Å². The number of carbonyl (C=O) groups is 2. The summed E-state index contributed by atoms with van der Waals surface area (Å²) in [6.45, 7) is 0.736. The smallest absolute Gasteiger partial charge is 0.247 e. The van der Waals surface area contributed by atoms with Gasteiger partial charge in [-0.3, -0.25) is 9.59 Å². The molecule has 0 bridgehead atoms. The number of likely N-dealkylation sites (N-methyl/N-ethyl adjacent to an activating group) is 2. The summed E-state index contributed by atoms with van der Waals surface area (Å²) < 4.78 is 0. The van der Waals surface area contributed by atoms with Crippen LogP contribution in [0.3, 0.4) is 0 Å². The molecule has 1 unspecified atom stereocenters. The number of fused-ring (bicyclic) bond motifs is 2. The highest BCUT2D eigenvalue weighted by Crippen LogP contribution is 2.46. The molecule has 0 aliphatic carbocycles. The third-order valence-corrected chi connectivity index (χ3v) is 4.15. The Morgan fingerprint density at radius 3 is 2.61 bits per heavy atom. The molecule has 94 valence electrons. The van der Waals surface area contributed by atoms with Gasteiger partial charge in [-0.2, -0.15) is 0 Å². The first-order valence-electron chi connectivity index (χ1n) is 6.22. The fourth-order valence-corrected chi connectivity index (χ4v) is 3.20. The molecular formula is C14H16N2O2. The molecule has 4 nitrogen and oxygen atoms in total. The van der Waals surface area contributed by atoms with Crippen LogP contribution in [0, 0.1) is 0 Å². The Morgan fingerprint density at radius 2 is 1.83 bits per heavy atom. The molecule has 4 heteroatoms. The third kappa shape index (κ3) is 1.15. The van der Waals surface area contributed by atoms with E-state index in [1.807, 2.05) is 24.3 Å². The number of para-hydroxylation sites is 1. The highest BCUT2D eigenvalue weighted by molar-refractivity contribution is 6.21. The van der Waals surface area contributed by atoms with Gasteiger partial charge in [0.05, 0.1) is 0 Å². The van der Waals surface area contributed by atoms with Crippen molar-refractivity contribution >= 4 is 17.5 Å². The minimum Gasteiger partial charge on any atom is -0.345 e. The monoisotopic (exact) mass is 244 g/mol. The standard InChI is InChI=1S/C14H16N2O2/c1-15-9-5-8-14(12(15)17)10-6-3-4-7-11(10)16(2)13(14)18/h3-4,6-7H,5,8-9H2,1-2H3. The van der Waals surface area contributed by atoms with Crippen LogP contribution in [0.2, 0.25) is 0 Å². The van der Waals surface area contributed by atoms with Crippen LogP contribution < -0.4 is 4.90 Å². The number of likely N-dealkylation sites (tertiary alicyclic amines) is 1. The van der Waals surface area contributed by atoms with Crippen LogP contribution in [0.1, 0.15) is 18.4 Å². The molecule has 1 aromatic carbocycles. The number of amides is 2. The van der Waals surface area contributed by atoms with Gasteiger partial charge in [0.15, 0.2) is 5.41 Å². The third-order valence-electron chi connectivity index (χ3n) is 4.15. The van der Waals surface area contributed by atoms with Gasteiger partial charge < -0.3 is 9.80 Å². The van der Waals surface area contributed by atoms with Crippen molar-refractivity contribution in [1.82, 2.24) is 4.90 Å². The van der Waals surface area contributed by atoms with E-state index in [4.69, 9.17) is 0 Å². The lowest BCUT2D eigenvalue weighted by atomic mass is 9.74. The number of hydrogen-bond donors (Lipinski definition) is 0. The van der Waals surface area contributed by atoms with E-state index in [2.05, 4.69) is 0 Å². The second-order valence-electron chi connectivity index (χ2n) is 5.12. The van der Waals surface area contributed by atoms with Gasteiger partial charge >= 0.3 is 0 Å². The zero-order valence-corrected chi connectivity index (χ0v) is 10.6. The fourth-order valence-electron chi connectivity index (χ4n) is 3.20. The van der Waals surface area contributed by atoms with E-state index in [9.17, 15) is 9.59 Å². The summed E-state index contributed by atoms with van der Waals surface area (Å²) in [4.78, 5) is 28.4. The molecule has 1 atom stereocenters. The van der Waals surface area contributed by atoms with E-state index in [1.165, 1.54) is 0 Å². The second kappa shape index (κ2) is 3.57. The molecule has 1 fully saturated rings. The maximum absolute atomic E-state index is 12.6. The normalized spacial score (nSPS) is 27.0. The molecule has 2 amide bonds. The van der Waals surface area contributed by atoms with Crippen molar-refractivity contribution in [3.8, 4) is 0 Å². The maximum atomic E-state index is 12.6. The molecule has 0 aromatic heterocycles. The predicted molar refractivity (Wildman–Crippen MR) is 68.4 cm³/mol. The Morgan fingerprint density at radius 1 is 1.11 bits per heavy atom. The van der Waals surface area contributed by atoms with E-state index < -0.39 is 5.41 Å². The van der Waals surface area contributed by atoms with Crippen molar-refractivity contribution < 1.29 is 9.59 Å². The first-order valence-corrected chi connectivity index (χ1v) is 6.22. The van der Waals surface area contributed by atoms with Gasteiger partial charge in [-0.05, 0) is 18.9 Å². The molecule has 1 spiro atoms. The molecule has 2 aliphatic rings. The SMILES string of the molecule is CN1CCCC2(C1=O)C(=O)N(C)c1ccccc12. The number of carbonyl (C=O) groups excluding carboxylic acids is 2. The Balaban J connectivity index is 2.23. The molecule has 3 rings (SSSR count). The van der Waals surface area contributed by atoms with Crippen molar-refractivity contribution in [3.63, 3.8) is 0 Å². The van der Waals surface area contributed by atoms with Crippen molar-refractivity contribution in [2.45, 2.75) is 18.3 Å². The molecule has 0 saturated carbocycles. The summed E-state index contributed by atoms with van der Waals surface area (Å²) in [6.07, 6.45) is 1.49. The summed E-state index contributed by atoms with van der Waals surface area (Å²) in [6, 6.07) is 7.62. The minimum absolute atomic E-state index is 0.0597.